The molecule has 1 aromatic heterocycles. The van der Waals surface area contributed by atoms with Crippen molar-refractivity contribution in [2.24, 2.45) is 0 Å². The molecule has 0 atom stereocenters. The molecule has 4 nitrogen and oxygen atoms in total. The van der Waals surface area contributed by atoms with Gasteiger partial charge in [-0.1, -0.05) is 18.2 Å². The third-order valence-corrected chi connectivity index (χ3v) is 4.10. The Morgan fingerprint density at radius 3 is 2.68 bits per heavy atom. The van der Waals surface area contributed by atoms with Gasteiger partial charge in [-0.25, -0.2) is 4.79 Å². The molecule has 0 aliphatic rings. The normalized spacial score (nSPS) is 11.3. The van der Waals surface area contributed by atoms with E-state index >= 15 is 0 Å². The number of hydrogen-bond acceptors (Lipinski definition) is 4. The molecule has 0 aliphatic carbocycles. The van der Waals surface area contributed by atoms with Crippen LogP contribution < -0.4 is 10.4 Å². The van der Waals surface area contributed by atoms with Crippen molar-refractivity contribution in [3.63, 3.8) is 0 Å². The zero-order valence-electron chi connectivity index (χ0n) is 12.9. The molecule has 3 rings (SSSR count). The van der Waals surface area contributed by atoms with Crippen LogP contribution in [0.3, 0.4) is 0 Å². The van der Waals surface area contributed by atoms with Crippen LogP contribution in [0.5, 0.6) is 5.75 Å². The summed E-state index contributed by atoms with van der Waals surface area (Å²) < 4.78 is 11.0. The first-order valence-electron chi connectivity index (χ1n) is 7.22. The minimum Gasteiger partial charge on any atom is -0.496 e. The maximum atomic E-state index is 12.5. The zero-order chi connectivity index (χ0) is 15.9. The first-order valence-corrected chi connectivity index (χ1v) is 7.22. The third kappa shape index (κ3) is 2.07. The summed E-state index contributed by atoms with van der Waals surface area (Å²) in [4.78, 5) is 12.5. The highest BCUT2D eigenvalue weighted by Crippen LogP contribution is 2.34. The number of benzene rings is 2. The van der Waals surface area contributed by atoms with Gasteiger partial charge in [0.1, 0.15) is 11.3 Å². The molecule has 1 heterocycles. The lowest BCUT2D eigenvalue weighted by Crippen LogP contribution is -2.06. The molecular weight excluding hydrogens is 280 g/mol. The number of hydrogen-bond donors (Lipinski definition) is 1. The van der Waals surface area contributed by atoms with Crippen LogP contribution in [0.15, 0.2) is 33.5 Å². The average Bonchev–Trinajstić information content (AvgIpc) is 2.51. The van der Waals surface area contributed by atoms with E-state index in [9.17, 15) is 9.90 Å². The van der Waals surface area contributed by atoms with E-state index in [1.807, 2.05) is 38.1 Å². The lowest BCUT2D eigenvalue weighted by Gasteiger charge is -2.13. The Morgan fingerprint density at radius 2 is 2.00 bits per heavy atom. The van der Waals surface area contributed by atoms with E-state index in [-0.39, 0.29) is 12.2 Å². The molecule has 3 aromatic rings. The quantitative estimate of drug-likeness (QED) is 0.596. The molecule has 1 N–H and O–H groups in total. The van der Waals surface area contributed by atoms with Crippen LogP contribution in [0, 0.1) is 13.8 Å². The van der Waals surface area contributed by atoms with E-state index in [0.29, 0.717) is 23.1 Å². The molecule has 0 fully saturated rings. The predicted octanol–water partition coefficient (Wildman–Crippen LogP) is 3.11. The summed E-state index contributed by atoms with van der Waals surface area (Å²) in [5.74, 6) is 0.707. The number of ether oxygens (including phenoxy) is 1. The molecule has 4 heteroatoms. The van der Waals surface area contributed by atoms with Gasteiger partial charge < -0.3 is 14.3 Å². The van der Waals surface area contributed by atoms with Crippen molar-refractivity contribution in [3.8, 4) is 5.75 Å². The number of aryl methyl sites for hydroxylation is 2. The summed E-state index contributed by atoms with van der Waals surface area (Å²) in [5, 5.41) is 11.5. The minimum atomic E-state index is -0.373. The van der Waals surface area contributed by atoms with Crippen molar-refractivity contribution in [1.82, 2.24) is 0 Å². The van der Waals surface area contributed by atoms with Gasteiger partial charge >= 0.3 is 5.63 Å². The fourth-order valence-electron chi connectivity index (χ4n) is 3.05. The van der Waals surface area contributed by atoms with Crippen LogP contribution in [0.1, 0.15) is 16.7 Å². The van der Waals surface area contributed by atoms with Gasteiger partial charge in [-0.15, -0.1) is 0 Å². The summed E-state index contributed by atoms with van der Waals surface area (Å²) in [5.41, 5.74) is 2.81. The maximum absolute atomic E-state index is 12.5. The first kappa shape index (κ1) is 14.6. The van der Waals surface area contributed by atoms with Gasteiger partial charge in [-0.2, -0.15) is 0 Å². The maximum Gasteiger partial charge on any atom is 0.344 e. The highest BCUT2D eigenvalue weighted by molar-refractivity contribution is 6.08. The Balaban J connectivity index is 2.55. The van der Waals surface area contributed by atoms with Gasteiger partial charge in [-0.3, -0.25) is 0 Å². The molecule has 0 saturated carbocycles. The molecule has 0 amide bonds. The van der Waals surface area contributed by atoms with Crippen LogP contribution in [0.4, 0.5) is 0 Å². The van der Waals surface area contributed by atoms with Gasteiger partial charge in [0.05, 0.1) is 12.5 Å². The van der Waals surface area contributed by atoms with E-state index in [2.05, 4.69) is 0 Å². The molecule has 0 bridgehead atoms. The van der Waals surface area contributed by atoms with Crippen molar-refractivity contribution in [1.29, 1.82) is 0 Å². The second-order valence-corrected chi connectivity index (χ2v) is 5.43. The topological polar surface area (TPSA) is 59.7 Å². The molecule has 0 saturated heterocycles. The molecule has 0 spiro atoms. The van der Waals surface area contributed by atoms with Gasteiger partial charge in [0, 0.05) is 22.9 Å². The second kappa shape index (κ2) is 5.46. The fraction of sp³-hybridized carbons (Fsp3) is 0.278. The summed E-state index contributed by atoms with van der Waals surface area (Å²) in [7, 11) is 1.60. The van der Waals surface area contributed by atoms with Gasteiger partial charge in [0.2, 0.25) is 0 Å². The van der Waals surface area contributed by atoms with E-state index < -0.39 is 0 Å². The van der Waals surface area contributed by atoms with Crippen molar-refractivity contribution < 1.29 is 14.3 Å². The summed E-state index contributed by atoms with van der Waals surface area (Å²) in [6, 6.07) is 7.64. The molecule has 0 unspecified atom stereocenters. The number of methoxy groups -OCH3 is 1. The standard InChI is InChI=1S/C18H18O4/c1-10-9-14(21-3)11(2)17-15(10)13-6-4-5-12(7-8-19)16(13)18(20)22-17/h4-6,9,19H,7-8H2,1-3H3. The zero-order valence-corrected chi connectivity index (χ0v) is 12.9. The van der Waals surface area contributed by atoms with E-state index in [4.69, 9.17) is 9.15 Å². The molecule has 0 radical (unpaired) electrons. The lowest BCUT2D eigenvalue weighted by atomic mass is 9.97. The number of aliphatic hydroxyl groups is 1. The Labute approximate surface area is 127 Å². The molecule has 22 heavy (non-hydrogen) atoms. The van der Waals surface area contributed by atoms with Crippen LogP contribution >= 0.6 is 0 Å². The Morgan fingerprint density at radius 1 is 1.23 bits per heavy atom. The molecule has 2 aromatic carbocycles. The van der Waals surface area contributed by atoms with Crippen molar-refractivity contribution in [2.75, 3.05) is 13.7 Å². The van der Waals surface area contributed by atoms with Crippen LogP contribution in [0.2, 0.25) is 0 Å². The largest absolute Gasteiger partial charge is 0.496 e. The van der Waals surface area contributed by atoms with Crippen LogP contribution in [-0.4, -0.2) is 18.8 Å². The van der Waals surface area contributed by atoms with Gasteiger partial charge in [0.25, 0.3) is 0 Å². The number of aliphatic hydroxyl groups excluding tert-OH is 1. The average molecular weight is 298 g/mol. The minimum absolute atomic E-state index is 0.00276. The van der Waals surface area contributed by atoms with Crippen LogP contribution in [0.25, 0.3) is 21.7 Å². The highest BCUT2D eigenvalue weighted by atomic mass is 16.5. The van der Waals surface area contributed by atoms with Crippen molar-refractivity contribution in [2.45, 2.75) is 20.3 Å². The highest BCUT2D eigenvalue weighted by Gasteiger charge is 2.16. The lowest BCUT2D eigenvalue weighted by molar-refractivity contribution is 0.300. The smallest absolute Gasteiger partial charge is 0.344 e. The Kier molecular flexibility index (Phi) is 3.62. The monoisotopic (exact) mass is 298 g/mol. The van der Waals surface area contributed by atoms with E-state index in [0.717, 1.165) is 27.5 Å². The third-order valence-electron chi connectivity index (χ3n) is 4.10. The van der Waals surface area contributed by atoms with Gasteiger partial charge in [0.15, 0.2) is 0 Å². The second-order valence-electron chi connectivity index (χ2n) is 5.43. The predicted molar refractivity (Wildman–Crippen MR) is 86.8 cm³/mol. The summed E-state index contributed by atoms with van der Waals surface area (Å²) in [6.45, 7) is 3.85. The first-order chi connectivity index (χ1) is 10.6. The summed E-state index contributed by atoms with van der Waals surface area (Å²) in [6.07, 6.45) is 0.432. The van der Waals surface area contributed by atoms with E-state index in [1.165, 1.54) is 0 Å². The van der Waals surface area contributed by atoms with Crippen LogP contribution in [-0.2, 0) is 6.42 Å². The van der Waals surface area contributed by atoms with Gasteiger partial charge in [-0.05, 0) is 37.5 Å². The molecule has 114 valence electrons. The Bertz CT molecular complexity index is 922. The van der Waals surface area contributed by atoms with Crippen molar-refractivity contribution >= 4 is 21.7 Å². The fourth-order valence-corrected chi connectivity index (χ4v) is 3.05. The Hall–Kier alpha value is -2.33. The number of rotatable bonds is 3. The number of fused-ring (bicyclic) bond motifs is 3. The SMILES string of the molecule is COc1cc(C)c2c(oc(=O)c3c(CCO)cccc32)c1C. The summed E-state index contributed by atoms with van der Waals surface area (Å²) >= 11 is 0. The molecule has 0 aliphatic heterocycles. The van der Waals surface area contributed by atoms with E-state index in [1.54, 1.807) is 7.11 Å². The molecular formula is C18H18O4. The van der Waals surface area contributed by atoms with Crippen molar-refractivity contribution in [3.05, 3.63) is 51.4 Å².